The van der Waals surface area contributed by atoms with Crippen molar-refractivity contribution < 1.29 is 0 Å². The fraction of sp³-hybridized carbons (Fsp3) is 0.182. The Hall–Kier alpha value is -1.57. The SMILES string of the molecule is N#CCCn1cnc2c(Cl)cc(Cl)cc2c1=O. The van der Waals surface area contributed by atoms with Crippen LogP contribution in [0.5, 0.6) is 0 Å². The molecular formula is C11H7Cl2N3O. The summed E-state index contributed by atoms with van der Waals surface area (Å²) in [6.07, 6.45) is 1.64. The highest BCUT2D eigenvalue weighted by molar-refractivity contribution is 6.38. The number of nitrogens with zero attached hydrogens (tertiary/aromatic N) is 3. The molecule has 0 atom stereocenters. The molecule has 0 spiro atoms. The third-order valence-corrected chi connectivity index (χ3v) is 2.82. The van der Waals surface area contributed by atoms with E-state index in [9.17, 15) is 4.79 Å². The molecule has 2 rings (SSSR count). The Kier molecular flexibility index (Phi) is 3.32. The number of hydrogen-bond donors (Lipinski definition) is 0. The summed E-state index contributed by atoms with van der Waals surface area (Å²) in [7, 11) is 0. The largest absolute Gasteiger partial charge is 0.298 e. The minimum Gasteiger partial charge on any atom is -0.298 e. The van der Waals surface area contributed by atoms with Crippen LogP contribution < -0.4 is 5.56 Å². The fourth-order valence-electron chi connectivity index (χ4n) is 1.52. The maximum Gasteiger partial charge on any atom is 0.261 e. The molecule has 0 unspecified atom stereocenters. The molecule has 0 saturated carbocycles. The van der Waals surface area contributed by atoms with Crippen molar-refractivity contribution in [1.82, 2.24) is 9.55 Å². The average molecular weight is 268 g/mol. The molecule has 0 saturated heterocycles. The zero-order valence-electron chi connectivity index (χ0n) is 8.65. The minimum absolute atomic E-state index is 0.241. The highest BCUT2D eigenvalue weighted by Gasteiger charge is 2.08. The van der Waals surface area contributed by atoms with E-state index in [4.69, 9.17) is 28.5 Å². The molecule has 0 aliphatic carbocycles. The summed E-state index contributed by atoms with van der Waals surface area (Å²) >= 11 is 11.8. The third kappa shape index (κ3) is 2.26. The van der Waals surface area contributed by atoms with Gasteiger partial charge in [0.05, 0.1) is 34.7 Å². The maximum atomic E-state index is 12.0. The van der Waals surface area contributed by atoms with Crippen molar-refractivity contribution in [1.29, 1.82) is 5.26 Å². The zero-order chi connectivity index (χ0) is 12.4. The van der Waals surface area contributed by atoms with Crippen LogP contribution in [-0.2, 0) is 6.54 Å². The molecule has 0 N–H and O–H groups in total. The molecule has 17 heavy (non-hydrogen) atoms. The fourth-order valence-corrected chi connectivity index (χ4v) is 2.07. The van der Waals surface area contributed by atoms with Gasteiger partial charge in [-0.05, 0) is 12.1 Å². The number of fused-ring (bicyclic) bond motifs is 1. The van der Waals surface area contributed by atoms with Gasteiger partial charge < -0.3 is 0 Å². The second-order valence-corrected chi connectivity index (χ2v) is 4.28. The summed E-state index contributed by atoms with van der Waals surface area (Å²) in [5, 5.41) is 9.59. The van der Waals surface area contributed by atoms with E-state index in [0.29, 0.717) is 27.5 Å². The van der Waals surface area contributed by atoms with Crippen LogP contribution in [0, 0.1) is 11.3 Å². The lowest BCUT2D eigenvalue weighted by molar-refractivity contribution is 0.678. The number of rotatable bonds is 2. The first-order valence-corrected chi connectivity index (χ1v) is 5.60. The Bertz CT molecular complexity index is 673. The van der Waals surface area contributed by atoms with E-state index in [1.807, 2.05) is 6.07 Å². The van der Waals surface area contributed by atoms with Crippen LogP contribution in [0.1, 0.15) is 6.42 Å². The smallest absolute Gasteiger partial charge is 0.261 e. The standard InChI is InChI=1S/C11H7Cl2N3O/c12-7-4-8-10(9(13)5-7)15-6-16(11(8)17)3-1-2-14/h4-6H,1,3H2. The molecular weight excluding hydrogens is 261 g/mol. The molecule has 2 aromatic rings. The second kappa shape index (κ2) is 4.74. The van der Waals surface area contributed by atoms with E-state index < -0.39 is 0 Å². The van der Waals surface area contributed by atoms with Crippen LogP contribution in [0.3, 0.4) is 0 Å². The molecule has 1 aromatic carbocycles. The molecule has 6 heteroatoms. The Morgan fingerprint density at radius 2 is 2.18 bits per heavy atom. The van der Waals surface area contributed by atoms with Crippen LogP contribution in [0.25, 0.3) is 10.9 Å². The van der Waals surface area contributed by atoms with Crippen molar-refractivity contribution in [3.63, 3.8) is 0 Å². The van der Waals surface area contributed by atoms with Gasteiger partial charge in [-0.1, -0.05) is 23.2 Å². The number of aryl methyl sites for hydroxylation is 1. The molecule has 0 fully saturated rings. The maximum absolute atomic E-state index is 12.0. The number of aromatic nitrogens is 2. The van der Waals surface area contributed by atoms with Gasteiger partial charge in [-0.15, -0.1) is 0 Å². The van der Waals surface area contributed by atoms with Gasteiger partial charge in [0.1, 0.15) is 0 Å². The molecule has 4 nitrogen and oxygen atoms in total. The predicted molar refractivity (Wildman–Crippen MR) is 66.3 cm³/mol. The number of hydrogen-bond acceptors (Lipinski definition) is 3. The summed E-state index contributed by atoms with van der Waals surface area (Å²) in [5.41, 5.74) is 0.184. The summed E-state index contributed by atoms with van der Waals surface area (Å²) in [6, 6.07) is 5.04. The Balaban J connectivity index is 2.68. The van der Waals surface area contributed by atoms with Crippen molar-refractivity contribution in [2.24, 2.45) is 0 Å². The van der Waals surface area contributed by atoms with E-state index in [2.05, 4.69) is 4.98 Å². The van der Waals surface area contributed by atoms with E-state index in [0.717, 1.165) is 0 Å². The van der Waals surface area contributed by atoms with Gasteiger partial charge in [0.25, 0.3) is 5.56 Å². The molecule has 0 bridgehead atoms. The van der Waals surface area contributed by atoms with Gasteiger partial charge in [0, 0.05) is 11.6 Å². The van der Waals surface area contributed by atoms with Gasteiger partial charge in [-0.3, -0.25) is 9.36 Å². The van der Waals surface area contributed by atoms with Gasteiger partial charge in [0.15, 0.2) is 0 Å². The molecule has 86 valence electrons. The van der Waals surface area contributed by atoms with Crippen LogP contribution in [-0.4, -0.2) is 9.55 Å². The quantitative estimate of drug-likeness (QED) is 0.841. The Labute approximate surface area is 107 Å². The highest BCUT2D eigenvalue weighted by Crippen LogP contribution is 2.23. The van der Waals surface area contributed by atoms with Crippen molar-refractivity contribution in [3.05, 3.63) is 38.9 Å². The highest BCUT2D eigenvalue weighted by atomic mass is 35.5. The normalized spacial score (nSPS) is 10.4. The van der Waals surface area contributed by atoms with Crippen molar-refractivity contribution in [2.45, 2.75) is 13.0 Å². The monoisotopic (exact) mass is 267 g/mol. The second-order valence-electron chi connectivity index (χ2n) is 3.44. The Morgan fingerprint density at radius 1 is 1.41 bits per heavy atom. The first-order chi connectivity index (χ1) is 8.13. The van der Waals surface area contributed by atoms with E-state index in [1.54, 1.807) is 0 Å². The molecule has 1 heterocycles. The summed E-state index contributed by atoms with van der Waals surface area (Å²) in [6.45, 7) is 0.308. The van der Waals surface area contributed by atoms with Crippen LogP contribution in [0.4, 0.5) is 0 Å². The summed E-state index contributed by atoms with van der Waals surface area (Å²) in [5.74, 6) is 0. The lowest BCUT2D eigenvalue weighted by Gasteiger charge is -2.05. The number of benzene rings is 1. The first-order valence-electron chi connectivity index (χ1n) is 4.84. The van der Waals surface area contributed by atoms with Crippen LogP contribution in [0.15, 0.2) is 23.3 Å². The van der Waals surface area contributed by atoms with Gasteiger partial charge >= 0.3 is 0 Å². The average Bonchev–Trinajstić information content (AvgIpc) is 2.29. The van der Waals surface area contributed by atoms with Crippen molar-refractivity contribution in [3.8, 4) is 6.07 Å². The van der Waals surface area contributed by atoms with E-state index >= 15 is 0 Å². The number of nitriles is 1. The molecule has 1 aromatic heterocycles. The molecule has 0 aliphatic heterocycles. The summed E-state index contributed by atoms with van der Waals surface area (Å²) < 4.78 is 1.37. The van der Waals surface area contributed by atoms with E-state index in [1.165, 1.54) is 23.0 Å². The molecule has 0 aliphatic rings. The third-order valence-electron chi connectivity index (χ3n) is 2.31. The lowest BCUT2D eigenvalue weighted by atomic mass is 10.2. The molecule has 0 amide bonds. The first kappa shape index (κ1) is 11.9. The van der Waals surface area contributed by atoms with Gasteiger partial charge in [0.2, 0.25) is 0 Å². The number of halogens is 2. The van der Waals surface area contributed by atoms with Gasteiger partial charge in [-0.2, -0.15) is 5.26 Å². The van der Waals surface area contributed by atoms with Crippen molar-refractivity contribution in [2.75, 3.05) is 0 Å². The Morgan fingerprint density at radius 3 is 2.88 bits per heavy atom. The van der Waals surface area contributed by atoms with E-state index in [-0.39, 0.29) is 12.0 Å². The minimum atomic E-state index is -0.241. The van der Waals surface area contributed by atoms with Crippen LogP contribution in [0.2, 0.25) is 10.0 Å². The predicted octanol–water partition coefficient (Wildman–Crippen LogP) is 2.62. The topological polar surface area (TPSA) is 58.7 Å². The van der Waals surface area contributed by atoms with Crippen LogP contribution >= 0.6 is 23.2 Å². The zero-order valence-corrected chi connectivity index (χ0v) is 10.2. The lowest BCUT2D eigenvalue weighted by Crippen LogP contribution is -2.20. The van der Waals surface area contributed by atoms with Gasteiger partial charge in [-0.25, -0.2) is 4.98 Å². The molecule has 0 radical (unpaired) electrons. The summed E-state index contributed by atoms with van der Waals surface area (Å²) in [4.78, 5) is 16.1. The van der Waals surface area contributed by atoms with Crippen molar-refractivity contribution >= 4 is 34.1 Å².